The molecule has 4 atom stereocenters. The minimum atomic E-state index is -3.95. The minimum Gasteiger partial charge on any atom is -0.392 e. The Labute approximate surface area is 306 Å². The van der Waals surface area contributed by atoms with E-state index in [0.717, 1.165) is 42.7 Å². The van der Waals surface area contributed by atoms with E-state index in [1.165, 1.54) is 12.1 Å². The van der Waals surface area contributed by atoms with Gasteiger partial charge in [-0.15, -0.1) is 10.2 Å². The van der Waals surface area contributed by atoms with Gasteiger partial charge in [-0.25, -0.2) is 8.42 Å². The van der Waals surface area contributed by atoms with Crippen molar-refractivity contribution in [2.24, 2.45) is 0 Å². The molecule has 1 unspecified atom stereocenters. The average molecular weight is 745 g/mol. The number of benzene rings is 4. The largest absolute Gasteiger partial charge is 0.392 e. The number of amides is 1. The number of carbonyl (C=O) groups excluding carboxylic acids is 1. The lowest BCUT2D eigenvalue weighted by Crippen LogP contribution is -2.47. The second kappa shape index (κ2) is 17.0. The summed E-state index contributed by atoms with van der Waals surface area (Å²) in [7, 11) is -3.95. The first-order valence-corrected chi connectivity index (χ1v) is 19.9. The standard InChI is InChI=1S/C38H40N4O6S3/c1-25-8-18-33(19-9-25)51(45,46)42-34(20-27-6-4-3-5-7-27)36(44)39-22-28-10-16-31(17-11-28)37-47-32(24-49-38-41-40-26(2)50-38)21-35(48-37)30-14-12-29(23-43)13-15-30/h3-19,32,34-35,37,42-43H,20-24H2,1-2H3,(H,39,44)/t32-,34+,35+,37?/m0/s1. The lowest BCUT2D eigenvalue weighted by molar-refractivity contribution is -0.245. The molecule has 266 valence electrons. The fourth-order valence-corrected chi connectivity index (χ4v) is 8.69. The smallest absolute Gasteiger partial charge is 0.241 e. The molecule has 3 N–H and O–H groups in total. The van der Waals surface area contributed by atoms with E-state index in [1.54, 1.807) is 35.2 Å². The SMILES string of the molecule is Cc1ccc(S(=O)(=O)N[C@H](Cc2ccccc2)C(=O)NCc2ccc(C3O[C@H](CSc4nnc(C)s4)C[C@H](c4ccc(CO)cc4)O3)cc2)cc1. The second-order valence-electron chi connectivity index (χ2n) is 12.4. The summed E-state index contributed by atoms with van der Waals surface area (Å²) >= 11 is 3.17. The molecule has 1 aliphatic rings. The predicted molar refractivity (Wildman–Crippen MR) is 198 cm³/mol. The highest BCUT2D eigenvalue weighted by molar-refractivity contribution is 8.01. The number of sulfonamides is 1. The maximum absolute atomic E-state index is 13.5. The van der Waals surface area contributed by atoms with E-state index in [1.807, 2.05) is 92.7 Å². The Hall–Kier alpha value is -3.95. The van der Waals surface area contributed by atoms with Crippen LogP contribution in [0.2, 0.25) is 0 Å². The Morgan fingerprint density at radius 1 is 0.882 bits per heavy atom. The molecular weight excluding hydrogens is 705 g/mol. The number of aliphatic hydroxyl groups excluding tert-OH is 1. The van der Waals surface area contributed by atoms with Crippen molar-refractivity contribution in [3.05, 3.63) is 142 Å². The van der Waals surface area contributed by atoms with E-state index in [4.69, 9.17) is 9.47 Å². The Morgan fingerprint density at radius 3 is 2.24 bits per heavy atom. The third-order valence-electron chi connectivity index (χ3n) is 8.46. The zero-order chi connectivity index (χ0) is 35.8. The number of aliphatic hydroxyl groups is 1. The van der Waals surface area contributed by atoms with Crippen molar-refractivity contribution in [1.29, 1.82) is 0 Å². The van der Waals surface area contributed by atoms with E-state index in [2.05, 4.69) is 20.2 Å². The summed E-state index contributed by atoms with van der Waals surface area (Å²) in [5.74, 6) is 0.250. The molecule has 0 spiro atoms. The van der Waals surface area contributed by atoms with Crippen LogP contribution in [0.3, 0.4) is 0 Å². The number of hydrogen-bond acceptors (Lipinski definition) is 10. The fraction of sp³-hybridized carbons (Fsp3) is 0.289. The van der Waals surface area contributed by atoms with Crippen molar-refractivity contribution in [1.82, 2.24) is 20.2 Å². The van der Waals surface area contributed by atoms with Gasteiger partial charge in [0.1, 0.15) is 11.0 Å². The van der Waals surface area contributed by atoms with Crippen LogP contribution in [0, 0.1) is 13.8 Å². The van der Waals surface area contributed by atoms with Gasteiger partial charge in [-0.05, 0) is 54.7 Å². The summed E-state index contributed by atoms with van der Waals surface area (Å²) in [6.07, 6.45) is -0.123. The molecule has 1 aliphatic heterocycles. The lowest BCUT2D eigenvalue weighted by atomic mass is 10.0. The molecule has 1 aromatic heterocycles. The first-order valence-electron chi connectivity index (χ1n) is 16.6. The van der Waals surface area contributed by atoms with Crippen LogP contribution >= 0.6 is 23.1 Å². The normalized spacial score (nSPS) is 18.3. The van der Waals surface area contributed by atoms with Crippen molar-refractivity contribution in [3.63, 3.8) is 0 Å². The zero-order valence-corrected chi connectivity index (χ0v) is 30.7. The Kier molecular flexibility index (Phi) is 12.3. The van der Waals surface area contributed by atoms with Gasteiger partial charge >= 0.3 is 0 Å². The molecule has 0 saturated carbocycles. The molecule has 1 saturated heterocycles. The van der Waals surface area contributed by atoms with E-state index in [9.17, 15) is 18.3 Å². The molecule has 4 aromatic carbocycles. The van der Waals surface area contributed by atoms with Crippen LogP contribution in [-0.4, -0.2) is 47.5 Å². The number of thioether (sulfide) groups is 1. The minimum absolute atomic E-state index is 0.0262. The number of aryl methyl sites for hydroxylation is 2. The number of aromatic nitrogens is 2. The maximum atomic E-state index is 13.5. The molecule has 1 amide bonds. The van der Waals surface area contributed by atoms with E-state index in [0.29, 0.717) is 12.2 Å². The van der Waals surface area contributed by atoms with E-state index >= 15 is 0 Å². The first-order chi connectivity index (χ1) is 24.6. The van der Waals surface area contributed by atoms with Crippen LogP contribution in [0.5, 0.6) is 0 Å². The summed E-state index contributed by atoms with van der Waals surface area (Å²) in [6, 6.07) is 30.2. The number of nitrogens with one attached hydrogen (secondary N) is 2. The maximum Gasteiger partial charge on any atom is 0.241 e. The summed E-state index contributed by atoms with van der Waals surface area (Å²) in [5, 5.41) is 21.7. The molecule has 6 rings (SSSR count). The van der Waals surface area contributed by atoms with Crippen molar-refractivity contribution < 1.29 is 27.8 Å². The average Bonchev–Trinajstić information content (AvgIpc) is 3.58. The monoisotopic (exact) mass is 744 g/mol. The van der Waals surface area contributed by atoms with Gasteiger partial charge in [0.15, 0.2) is 10.6 Å². The third kappa shape index (κ3) is 10.1. The Balaban J connectivity index is 1.13. The number of ether oxygens (including phenoxy) is 2. The molecule has 0 radical (unpaired) electrons. The quantitative estimate of drug-likeness (QED) is 0.114. The van der Waals surface area contributed by atoms with Crippen molar-refractivity contribution in [3.8, 4) is 0 Å². The molecule has 51 heavy (non-hydrogen) atoms. The zero-order valence-electron chi connectivity index (χ0n) is 28.3. The van der Waals surface area contributed by atoms with Crippen LogP contribution in [0.25, 0.3) is 0 Å². The Morgan fingerprint density at radius 2 is 1.57 bits per heavy atom. The van der Waals surface area contributed by atoms with Crippen LogP contribution in [0.1, 0.15) is 57.2 Å². The molecule has 10 nitrogen and oxygen atoms in total. The lowest BCUT2D eigenvalue weighted by Gasteiger charge is -2.36. The Bertz CT molecular complexity index is 1990. The van der Waals surface area contributed by atoms with Crippen LogP contribution in [0.15, 0.2) is 112 Å². The van der Waals surface area contributed by atoms with Gasteiger partial charge in [0.2, 0.25) is 15.9 Å². The molecule has 1 fully saturated rings. The van der Waals surface area contributed by atoms with Crippen molar-refractivity contribution in [2.45, 2.75) is 73.6 Å². The summed E-state index contributed by atoms with van der Waals surface area (Å²) < 4.78 is 43.0. The second-order valence-corrected chi connectivity index (χ2v) is 16.5. The van der Waals surface area contributed by atoms with E-state index < -0.39 is 28.3 Å². The van der Waals surface area contributed by atoms with Gasteiger partial charge in [0.05, 0.1) is 23.7 Å². The van der Waals surface area contributed by atoms with Crippen LogP contribution < -0.4 is 10.0 Å². The topological polar surface area (TPSA) is 140 Å². The molecular formula is C38H40N4O6S3. The molecule has 13 heteroatoms. The van der Waals surface area contributed by atoms with Gasteiger partial charge in [0, 0.05) is 24.3 Å². The summed E-state index contributed by atoms with van der Waals surface area (Å²) in [6.45, 7) is 3.99. The number of nitrogens with zero attached hydrogens (tertiary/aromatic N) is 2. The van der Waals surface area contributed by atoms with Gasteiger partial charge in [-0.1, -0.05) is 120 Å². The number of hydrogen-bond donors (Lipinski definition) is 3. The highest BCUT2D eigenvalue weighted by Crippen LogP contribution is 2.39. The summed E-state index contributed by atoms with van der Waals surface area (Å²) in [5.41, 5.74) is 5.27. The predicted octanol–water partition coefficient (Wildman–Crippen LogP) is 6.19. The van der Waals surface area contributed by atoms with Crippen molar-refractivity contribution >= 4 is 39.0 Å². The number of rotatable bonds is 14. The number of carbonyl (C=O) groups is 1. The fourth-order valence-electron chi connectivity index (χ4n) is 5.64. The van der Waals surface area contributed by atoms with Crippen molar-refractivity contribution in [2.75, 3.05) is 5.75 Å². The molecule has 2 heterocycles. The van der Waals surface area contributed by atoms with Crippen LogP contribution in [-0.2, 0) is 43.9 Å². The first kappa shape index (κ1) is 36.8. The van der Waals surface area contributed by atoms with Gasteiger partial charge in [-0.2, -0.15) is 4.72 Å². The van der Waals surface area contributed by atoms with E-state index in [-0.39, 0.29) is 36.7 Å². The molecule has 5 aromatic rings. The van der Waals surface area contributed by atoms with Gasteiger partial charge in [0.25, 0.3) is 0 Å². The third-order valence-corrected chi connectivity index (χ3v) is 12.1. The highest BCUT2D eigenvalue weighted by Gasteiger charge is 2.33. The van der Waals surface area contributed by atoms with Gasteiger partial charge < -0.3 is 19.9 Å². The van der Waals surface area contributed by atoms with Gasteiger partial charge in [-0.3, -0.25) is 4.79 Å². The molecule has 0 aliphatic carbocycles. The highest BCUT2D eigenvalue weighted by atomic mass is 32.2. The molecule has 0 bridgehead atoms. The summed E-state index contributed by atoms with van der Waals surface area (Å²) in [4.78, 5) is 13.6. The van der Waals surface area contributed by atoms with Crippen LogP contribution in [0.4, 0.5) is 0 Å².